The van der Waals surface area contributed by atoms with E-state index in [2.05, 4.69) is 112 Å². The van der Waals surface area contributed by atoms with Crippen LogP contribution in [0.1, 0.15) is 145 Å². The molecule has 1 atom stereocenters. The van der Waals surface area contributed by atoms with E-state index in [1.54, 1.807) is 0 Å². The number of ketones is 1. The summed E-state index contributed by atoms with van der Waals surface area (Å²) in [5.74, 6) is 0.167. The van der Waals surface area contributed by atoms with Crippen LogP contribution < -0.4 is 0 Å². The molecule has 0 fully saturated rings. The molecule has 0 bridgehead atoms. The van der Waals surface area contributed by atoms with Crippen molar-refractivity contribution >= 4 is 5.78 Å². The Morgan fingerprint density at radius 2 is 0.907 bits per heavy atom. The van der Waals surface area contributed by atoms with Crippen molar-refractivity contribution in [3.8, 4) is 0 Å². The van der Waals surface area contributed by atoms with E-state index in [0.717, 1.165) is 25.1 Å². The first-order valence-electron chi connectivity index (χ1n) is 17.0. The summed E-state index contributed by atoms with van der Waals surface area (Å²) < 4.78 is 0. The molecule has 0 saturated heterocycles. The molecule has 248 valence electrons. The monoisotopic (exact) mass is 596 g/mol. The third kappa shape index (κ3) is 41.6. The van der Waals surface area contributed by atoms with Crippen molar-refractivity contribution in [2.45, 2.75) is 153 Å². The standard InChI is InChI=1S/C12H23N.2C7H8.2C6H14.C3H6O/c1-7-9-13(11(5)6)12(8-2)10(3)4;2*1-7-5-3-2-4-6-7;2*1-3-5-6-4-2;1-3(2)4/h12H,3,5,7-9H2,1-2,4,6H3;2*2-6H,1H3;2*3-6H2,1-2H3;1-2H3. The number of nitrogens with zero attached hydrogens (tertiary/aromatic N) is 1. The molecule has 0 radical (unpaired) electrons. The summed E-state index contributed by atoms with van der Waals surface area (Å²) in [7, 11) is 0. The van der Waals surface area contributed by atoms with Crippen LogP contribution in [0.3, 0.4) is 0 Å². The molecule has 0 N–H and O–H groups in total. The van der Waals surface area contributed by atoms with Gasteiger partial charge in [0.2, 0.25) is 0 Å². The quantitative estimate of drug-likeness (QED) is 0.180. The van der Waals surface area contributed by atoms with Crippen LogP contribution in [0.2, 0.25) is 0 Å². The molecule has 43 heavy (non-hydrogen) atoms. The smallest absolute Gasteiger partial charge is 0.126 e. The maximum atomic E-state index is 9.44. The third-order valence-electron chi connectivity index (χ3n) is 6.08. The first kappa shape index (κ1) is 47.3. The molecule has 2 aromatic rings. The van der Waals surface area contributed by atoms with Gasteiger partial charge in [0.25, 0.3) is 0 Å². The van der Waals surface area contributed by atoms with Gasteiger partial charge in [-0.1, -0.05) is 183 Å². The average molecular weight is 596 g/mol. The summed E-state index contributed by atoms with van der Waals surface area (Å²) in [6.45, 7) is 33.8. The molecule has 1 unspecified atom stereocenters. The minimum atomic E-state index is 0.167. The highest BCUT2D eigenvalue weighted by atomic mass is 16.1. The second-order valence-electron chi connectivity index (χ2n) is 11.3. The van der Waals surface area contributed by atoms with Crippen LogP contribution in [-0.2, 0) is 4.79 Å². The van der Waals surface area contributed by atoms with Crippen molar-refractivity contribution in [1.29, 1.82) is 0 Å². The van der Waals surface area contributed by atoms with Crippen LogP contribution in [0.4, 0.5) is 0 Å². The Balaban J connectivity index is -0.000000222. The highest BCUT2D eigenvalue weighted by Crippen LogP contribution is 2.17. The fourth-order valence-corrected chi connectivity index (χ4v) is 3.76. The van der Waals surface area contributed by atoms with Crippen molar-refractivity contribution in [3.63, 3.8) is 0 Å². The second kappa shape index (κ2) is 37.4. The number of aryl methyl sites for hydroxylation is 2. The molecular weight excluding hydrogens is 522 g/mol. The van der Waals surface area contributed by atoms with Gasteiger partial charge in [-0.05, 0) is 54.4 Å². The van der Waals surface area contributed by atoms with Crippen molar-refractivity contribution < 1.29 is 4.79 Å². The van der Waals surface area contributed by atoms with E-state index in [0.29, 0.717) is 6.04 Å². The van der Waals surface area contributed by atoms with Crippen LogP contribution in [0.5, 0.6) is 0 Å². The molecule has 2 nitrogen and oxygen atoms in total. The van der Waals surface area contributed by atoms with E-state index < -0.39 is 0 Å². The minimum absolute atomic E-state index is 0.167. The van der Waals surface area contributed by atoms with E-state index in [1.807, 2.05) is 36.4 Å². The molecule has 0 aliphatic carbocycles. The number of Topliss-reactive ketones (excluding diaryl/α,β-unsaturated/α-hetero) is 1. The fraction of sp³-hybridized carbons (Fsp3) is 0.585. The van der Waals surface area contributed by atoms with Crippen LogP contribution in [-0.4, -0.2) is 23.3 Å². The highest BCUT2D eigenvalue weighted by molar-refractivity contribution is 5.72. The predicted molar refractivity (Wildman–Crippen MR) is 199 cm³/mol. The zero-order chi connectivity index (χ0) is 33.9. The molecule has 0 aliphatic rings. The Hall–Kier alpha value is -2.61. The van der Waals surface area contributed by atoms with E-state index in [1.165, 1.54) is 81.9 Å². The molecule has 0 spiro atoms. The van der Waals surface area contributed by atoms with Gasteiger partial charge >= 0.3 is 0 Å². The lowest BCUT2D eigenvalue weighted by Gasteiger charge is -2.33. The normalized spacial score (nSPS) is 9.67. The fourth-order valence-electron chi connectivity index (χ4n) is 3.76. The maximum absolute atomic E-state index is 9.44. The molecular formula is C41H73NO. The number of allylic oxidation sites excluding steroid dienone is 1. The number of carbonyl (C=O) groups excluding carboxylic acids is 1. The Morgan fingerprint density at radius 3 is 1.05 bits per heavy atom. The minimum Gasteiger partial charge on any atom is -0.369 e. The van der Waals surface area contributed by atoms with Gasteiger partial charge in [0, 0.05) is 18.3 Å². The van der Waals surface area contributed by atoms with E-state index >= 15 is 0 Å². The molecule has 0 heterocycles. The zero-order valence-electron chi connectivity index (χ0n) is 30.9. The van der Waals surface area contributed by atoms with Gasteiger partial charge in [-0.25, -0.2) is 0 Å². The van der Waals surface area contributed by atoms with Crippen LogP contribution in [0.25, 0.3) is 0 Å². The predicted octanol–water partition coefficient (Wildman–Crippen LogP) is 13.3. The van der Waals surface area contributed by atoms with Gasteiger partial charge in [0.15, 0.2) is 0 Å². The number of hydrogen-bond acceptors (Lipinski definition) is 2. The SMILES string of the molecule is C=C(C)C(CC)N(CCC)C(=C)C.CC(C)=O.CCCCCC.CCCCCC.Cc1ccccc1.Cc1ccccc1. The Labute approximate surface area is 271 Å². The summed E-state index contributed by atoms with van der Waals surface area (Å²) in [6, 6.07) is 21.0. The summed E-state index contributed by atoms with van der Waals surface area (Å²) >= 11 is 0. The van der Waals surface area contributed by atoms with Gasteiger partial charge in [-0.15, -0.1) is 0 Å². The Morgan fingerprint density at radius 1 is 0.605 bits per heavy atom. The molecule has 2 heteroatoms. The number of rotatable bonds is 12. The topological polar surface area (TPSA) is 20.3 Å². The zero-order valence-corrected chi connectivity index (χ0v) is 30.9. The summed E-state index contributed by atoms with van der Waals surface area (Å²) in [6.07, 6.45) is 13.3. The van der Waals surface area contributed by atoms with E-state index in [9.17, 15) is 4.79 Å². The van der Waals surface area contributed by atoms with Gasteiger partial charge in [-0.3, -0.25) is 0 Å². The summed E-state index contributed by atoms with van der Waals surface area (Å²) in [5.41, 5.74) is 5.03. The molecule has 0 aromatic heterocycles. The van der Waals surface area contributed by atoms with Gasteiger partial charge in [0.05, 0.1) is 0 Å². The van der Waals surface area contributed by atoms with Crippen LogP contribution in [0.15, 0.2) is 85.1 Å². The highest BCUT2D eigenvalue weighted by Gasteiger charge is 2.15. The average Bonchev–Trinajstić information content (AvgIpc) is 2.96. The lowest BCUT2D eigenvalue weighted by molar-refractivity contribution is -0.115. The van der Waals surface area contributed by atoms with E-state index in [-0.39, 0.29) is 5.78 Å². The number of hydrogen-bond donors (Lipinski definition) is 0. The van der Waals surface area contributed by atoms with Crippen molar-refractivity contribution in [1.82, 2.24) is 4.90 Å². The third-order valence-corrected chi connectivity index (χ3v) is 6.08. The molecule has 0 aliphatic heterocycles. The Kier molecular flexibility index (Phi) is 41.2. The summed E-state index contributed by atoms with van der Waals surface area (Å²) in [5, 5.41) is 0. The number of carbonyl (C=O) groups is 1. The number of benzene rings is 2. The largest absolute Gasteiger partial charge is 0.369 e. The molecule has 2 rings (SSSR count). The lowest BCUT2D eigenvalue weighted by atomic mass is 10.1. The maximum Gasteiger partial charge on any atom is 0.126 e. The van der Waals surface area contributed by atoms with Gasteiger partial charge < -0.3 is 9.69 Å². The van der Waals surface area contributed by atoms with Crippen LogP contribution in [0, 0.1) is 13.8 Å². The van der Waals surface area contributed by atoms with E-state index in [4.69, 9.17) is 0 Å². The van der Waals surface area contributed by atoms with Gasteiger partial charge in [0.1, 0.15) is 5.78 Å². The first-order valence-corrected chi connectivity index (χ1v) is 17.0. The van der Waals surface area contributed by atoms with Crippen molar-refractivity contribution in [2.24, 2.45) is 0 Å². The van der Waals surface area contributed by atoms with Gasteiger partial charge in [-0.2, -0.15) is 0 Å². The molecule has 0 amide bonds. The second-order valence-corrected chi connectivity index (χ2v) is 11.3. The molecule has 2 aromatic carbocycles. The van der Waals surface area contributed by atoms with Crippen LogP contribution >= 0.6 is 0 Å². The van der Waals surface area contributed by atoms with Crippen molar-refractivity contribution in [2.75, 3.05) is 6.54 Å². The molecule has 0 saturated carbocycles. The lowest BCUT2D eigenvalue weighted by Crippen LogP contribution is -2.34. The van der Waals surface area contributed by atoms with Crippen molar-refractivity contribution in [3.05, 3.63) is 96.2 Å². The summed E-state index contributed by atoms with van der Waals surface area (Å²) in [4.78, 5) is 11.8. The Bertz CT molecular complexity index is 783. The number of unbranched alkanes of at least 4 members (excludes halogenated alkanes) is 6. The first-order chi connectivity index (χ1) is 20.4.